The van der Waals surface area contributed by atoms with Gasteiger partial charge in [-0.15, -0.1) is 0 Å². The van der Waals surface area contributed by atoms with Crippen LogP contribution in [0.25, 0.3) is 0 Å². The molecule has 9 nitrogen and oxygen atoms in total. The van der Waals surface area contributed by atoms with Crippen molar-refractivity contribution in [1.82, 2.24) is 5.32 Å². The molecule has 1 heterocycles. The van der Waals surface area contributed by atoms with E-state index in [9.17, 15) is 33.9 Å². The van der Waals surface area contributed by atoms with E-state index in [2.05, 4.69) is 4.99 Å². The third kappa shape index (κ3) is 3.22. The number of non-ortho nitro benzene ring substituents is 1. The van der Waals surface area contributed by atoms with E-state index in [0.717, 1.165) is 6.07 Å². The van der Waals surface area contributed by atoms with E-state index in [4.69, 9.17) is 5.11 Å². The van der Waals surface area contributed by atoms with Crippen molar-refractivity contribution in [3.8, 4) is 0 Å². The van der Waals surface area contributed by atoms with Crippen LogP contribution in [-0.4, -0.2) is 48.7 Å². The molecule has 1 atom stereocenters. The number of carboxylic acid groups (broad SMARTS) is 1. The molecule has 0 aliphatic carbocycles. The molecule has 1 aliphatic heterocycles. The third-order valence-electron chi connectivity index (χ3n) is 3.83. The van der Waals surface area contributed by atoms with Crippen LogP contribution in [0.15, 0.2) is 23.2 Å². The molecule has 1 amide bonds. The van der Waals surface area contributed by atoms with Crippen molar-refractivity contribution in [3.63, 3.8) is 0 Å². The monoisotopic (exact) mass is 391 g/mol. The maximum Gasteiger partial charge on any atom is 0.410 e. The van der Waals surface area contributed by atoms with Crippen molar-refractivity contribution in [2.45, 2.75) is 29.3 Å². The molecular weight excluding hydrogens is 376 g/mol. The van der Waals surface area contributed by atoms with Gasteiger partial charge in [0, 0.05) is 17.7 Å². The first-order valence-corrected chi connectivity index (χ1v) is 7.93. The highest BCUT2D eigenvalue weighted by molar-refractivity contribution is 8.02. The number of nitrogens with zero attached hydrogens (tertiary/aromatic N) is 2. The van der Waals surface area contributed by atoms with Crippen molar-refractivity contribution in [2.75, 3.05) is 6.67 Å². The molecule has 26 heavy (non-hydrogen) atoms. The summed E-state index contributed by atoms with van der Waals surface area (Å²) in [4.78, 5) is 24.8. The number of rotatable bonds is 3. The summed E-state index contributed by atoms with van der Waals surface area (Å²) >= 11 is 0.323. The van der Waals surface area contributed by atoms with Crippen LogP contribution < -0.4 is 5.32 Å². The average molecular weight is 391 g/mol. The Balaban J connectivity index is 2.80. The lowest BCUT2D eigenvalue weighted by molar-refractivity contribution is -0.385. The first-order valence-electron chi connectivity index (χ1n) is 7.12. The molecule has 1 aliphatic rings. The van der Waals surface area contributed by atoms with E-state index in [-0.39, 0.29) is 5.84 Å². The third-order valence-corrected chi connectivity index (χ3v) is 5.16. The molecule has 0 aromatic heterocycles. The topological polar surface area (TPSA) is 145 Å². The standard InChI is InChI=1S/C14H15F2N3O6S/c1-12(2)10(17-11(20)21)18-13(6-15,14(22,23)26-12)8-5-7(19(24)25)3-4-9(8)16/h3-5,22-23H,6H2,1-2H3,(H,17,18)(H,20,21). The lowest BCUT2D eigenvalue weighted by Crippen LogP contribution is -2.60. The van der Waals surface area contributed by atoms with Crippen molar-refractivity contribution >= 4 is 29.4 Å². The summed E-state index contributed by atoms with van der Waals surface area (Å²) in [5, 5.41) is 39.7. The van der Waals surface area contributed by atoms with E-state index in [0.29, 0.717) is 23.9 Å². The van der Waals surface area contributed by atoms with Gasteiger partial charge in [-0.05, 0) is 19.9 Å². The van der Waals surface area contributed by atoms with Gasteiger partial charge >= 0.3 is 6.09 Å². The molecule has 12 heteroatoms. The minimum absolute atomic E-state index is 0.323. The van der Waals surface area contributed by atoms with Crippen LogP contribution in [0.4, 0.5) is 19.3 Å². The first kappa shape index (κ1) is 20.0. The van der Waals surface area contributed by atoms with Crippen LogP contribution in [0.2, 0.25) is 0 Å². The summed E-state index contributed by atoms with van der Waals surface area (Å²) in [7, 11) is 0. The molecule has 0 spiro atoms. The minimum atomic E-state index is -3.02. The maximum atomic E-state index is 14.3. The number of thioether (sulfide) groups is 1. The number of nitro benzene ring substituents is 1. The van der Waals surface area contributed by atoms with Gasteiger partial charge in [-0.3, -0.25) is 15.4 Å². The normalized spacial score (nSPS) is 23.8. The van der Waals surface area contributed by atoms with E-state index < -0.39 is 50.2 Å². The number of aliphatic imine (C=N–C) groups is 1. The van der Waals surface area contributed by atoms with Gasteiger partial charge in [0.2, 0.25) is 5.12 Å². The second-order valence-electron chi connectivity index (χ2n) is 6.03. The van der Waals surface area contributed by atoms with Gasteiger partial charge in [0.15, 0.2) is 5.54 Å². The lowest BCUT2D eigenvalue weighted by atomic mass is 9.88. The highest BCUT2D eigenvalue weighted by Gasteiger charge is 2.60. The van der Waals surface area contributed by atoms with Crippen LogP contribution in [0, 0.1) is 15.9 Å². The summed E-state index contributed by atoms with van der Waals surface area (Å²) in [6.45, 7) is 1.12. The fourth-order valence-electron chi connectivity index (χ4n) is 2.53. The number of nitro groups is 1. The van der Waals surface area contributed by atoms with E-state index in [1.54, 1.807) is 0 Å². The zero-order valence-corrected chi connectivity index (χ0v) is 14.4. The number of nitrogens with one attached hydrogen (secondary N) is 1. The van der Waals surface area contributed by atoms with Gasteiger partial charge in [0.25, 0.3) is 5.69 Å². The molecule has 1 aromatic rings. The number of alkyl halides is 1. The van der Waals surface area contributed by atoms with Crippen LogP contribution in [-0.2, 0) is 5.54 Å². The lowest BCUT2D eigenvalue weighted by Gasteiger charge is -2.47. The Hall–Kier alpha value is -2.31. The Labute approximate surface area is 149 Å². The smallest absolute Gasteiger partial charge is 0.410 e. The van der Waals surface area contributed by atoms with Crippen LogP contribution in [0.1, 0.15) is 19.4 Å². The molecule has 0 radical (unpaired) electrons. The molecule has 0 saturated heterocycles. The van der Waals surface area contributed by atoms with E-state index in [1.807, 2.05) is 5.32 Å². The summed E-state index contributed by atoms with van der Waals surface area (Å²) < 4.78 is 27.1. The van der Waals surface area contributed by atoms with Crippen LogP contribution >= 0.6 is 11.8 Å². The van der Waals surface area contributed by atoms with Crippen molar-refractivity contribution in [3.05, 3.63) is 39.7 Å². The summed E-state index contributed by atoms with van der Waals surface area (Å²) in [5.41, 5.74) is -4.13. The van der Waals surface area contributed by atoms with Gasteiger partial charge in [-0.25, -0.2) is 18.6 Å². The summed E-state index contributed by atoms with van der Waals surface area (Å²) in [6, 6.07) is 2.13. The second kappa shape index (κ2) is 6.45. The quantitative estimate of drug-likeness (QED) is 0.349. The largest absolute Gasteiger partial charge is 0.465 e. The minimum Gasteiger partial charge on any atom is -0.465 e. The number of hydrogen-bond donors (Lipinski definition) is 4. The first-order chi connectivity index (χ1) is 11.9. The molecule has 2 rings (SSSR count). The number of benzene rings is 1. The second-order valence-corrected chi connectivity index (χ2v) is 7.82. The Morgan fingerprint density at radius 3 is 2.54 bits per heavy atom. The van der Waals surface area contributed by atoms with Crippen molar-refractivity contribution in [2.24, 2.45) is 4.99 Å². The predicted octanol–water partition coefficient (Wildman–Crippen LogP) is 1.73. The molecule has 4 N–H and O–H groups in total. The average Bonchev–Trinajstić information content (AvgIpc) is 2.49. The SMILES string of the molecule is CC1(C)SC(O)(O)C(CF)(c2cc([N+](=O)[O-])ccc2F)N=C1NC(=O)O. The highest BCUT2D eigenvalue weighted by Crippen LogP contribution is 2.52. The molecule has 0 bridgehead atoms. The summed E-state index contributed by atoms with van der Waals surface area (Å²) in [5.74, 6) is -1.53. The molecule has 142 valence electrons. The maximum absolute atomic E-state index is 14.3. The number of aliphatic hydroxyl groups is 2. The van der Waals surface area contributed by atoms with Gasteiger partial charge in [-0.1, -0.05) is 11.8 Å². The molecule has 0 saturated carbocycles. The molecular formula is C14H15F2N3O6S. The molecule has 1 aromatic carbocycles. The Morgan fingerprint density at radius 1 is 1.42 bits per heavy atom. The van der Waals surface area contributed by atoms with Gasteiger partial charge in [0.1, 0.15) is 18.3 Å². The Morgan fingerprint density at radius 2 is 2.04 bits per heavy atom. The fraction of sp³-hybridized carbons (Fsp3) is 0.429. The van der Waals surface area contributed by atoms with E-state index in [1.165, 1.54) is 13.8 Å². The Bertz CT molecular complexity index is 801. The fourth-order valence-corrected chi connectivity index (χ4v) is 3.82. The van der Waals surface area contributed by atoms with Gasteiger partial charge in [-0.2, -0.15) is 0 Å². The van der Waals surface area contributed by atoms with Crippen LogP contribution in [0.3, 0.4) is 0 Å². The van der Waals surface area contributed by atoms with E-state index >= 15 is 0 Å². The zero-order chi connectivity index (χ0) is 19.9. The number of hydrogen-bond acceptors (Lipinski definition) is 7. The summed E-state index contributed by atoms with van der Waals surface area (Å²) in [6.07, 6.45) is -1.55. The number of carbonyl (C=O) groups is 1. The van der Waals surface area contributed by atoms with Crippen molar-refractivity contribution < 1.29 is 33.8 Å². The van der Waals surface area contributed by atoms with Gasteiger partial charge < -0.3 is 15.3 Å². The van der Waals surface area contributed by atoms with Gasteiger partial charge in [0.05, 0.1) is 9.67 Å². The predicted molar refractivity (Wildman–Crippen MR) is 88.1 cm³/mol. The Kier molecular flexibility index (Phi) is 4.96. The highest BCUT2D eigenvalue weighted by atomic mass is 32.2. The van der Waals surface area contributed by atoms with Crippen LogP contribution in [0.5, 0.6) is 0 Å². The number of amidine groups is 1. The molecule has 0 fully saturated rings. The van der Waals surface area contributed by atoms with Crippen molar-refractivity contribution in [1.29, 1.82) is 0 Å². The zero-order valence-electron chi connectivity index (χ0n) is 13.6. The number of amides is 1. The number of halogens is 2. The molecule has 1 unspecified atom stereocenters.